The van der Waals surface area contributed by atoms with Gasteiger partial charge in [-0.05, 0) is 57.0 Å². The van der Waals surface area contributed by atoms with Crippen LogP contribution in [-0.4, -0.2) is 20.9 Å². The minimum absolute atomic E-state index is 0. The molecule has 2 aromatic carbocycles. The maximum Gasteiger partial charge on any atom is 0.273 e. The SMILES string of the molecule is CC(C)(C)NN.Cc1c(C(=O)Cl)cccc1[N+](=O)[O-].Cl.O=C(Cl)c1ccccc1. The van der Waals surface area contributed by atoms with E-state index in [-0.39, 0.29) is 29.2 Å². The lowest BCUT2D eigenvalue weighted by molar-refractivity contribution is -0.385. The molecule has 2 rings (SSSR count). The van der Waals surface area contributed by atoms with Crippen LogP contribution in [0.2, 0.25) is 0 Å². The molecule has 0 unspecified atom stereocenters. The first-order valence-corrected chi connectivity index (χ1v) is 8.82. The zero-order valence-electron chi connectivity index (χ0n) is 16.4. The molecule has 0 saturated heterocycles. The molecule has 3 N–H and O–H groups in total. The van der Waals surface area contributed by atoms with Crippen molar-refractivity contribution in [2.45, 2.75) is 33.2 Å². The zero-order valence-corrected chi connectivity index (χ0v) is 18.8. The molecule has 0 aliphatic rings. The van der Waals surface area contributed by atoms with Crippen LogP contribution in [0.5, 0.6) is 0 Å². The molecule has 0 saturated carbocycles. The van der Waals surface area contributed by atoms with Crippen molar-refractivity contribution >= 4 is 51.8 Å². The summed E-state index contributed by atoms with van der Waals surface area (Å²) in [6.07, 6.45) is 0. The molecule has 7 nitrogen and oxygen atoms in total. The number of nitrogens with two attached hydrogens (primary N) is 1. The van der Waals surface area contributed by atoms with E-state index in [2.05, 4.69) is 5.43 Å². The van der Waals surface area contributed by atoms with Gasteiger partial charge in [0, 0.05) is 28.3 Å². The van der Waals surface area contributed by atoms with Crippen LogP contribution in [0.3, 0.4) is 0 Å². The number of carbonyl (C=O) groups excluding carboxylic acids is 2. The summed E-state index contributed by atoms with van der Waals surface area (Å²) in [5.41, 5.74) is 3.60. The summed E-state index contributed by atoms with van der Waals surface area (Å²) in [5.74, 6) is 5.06. The van der Waals surface area contributed by atoms with E-state index in [4.69, 9.17) is 29.0 Å². The van der Waals surface area contributed by atoms with Crippen molar-refractivity contribution in [1.29, 1.82) is 0 Å². The molecule has 160 valence electrons. The van der Waals surface area contributed by atoms with Gasteiger partial charge in [0.1, 0.15) is 0 Å². The third-order valence-corrected chi connectivity index (χ3v) is 3.57. The number of nitrogens with zero attached hydrogens (tertiary/aromatic N) is 1. The zero-order chi connectivity index (χ0) is 21.9. The topological polar surface area (TPSA) is 115 Å². The lowest BCUT2D eigenvalue weighted by atomic mass is 10.1. The fourth-order valence-electron chi connectivity index (χ4n) is 1.60. The molecule has 0 atom stereocenters. The lowest BCUT2D eigenvalue weighted by Crippen LogP contribution is -2.41. The largest absolute Gasteiger partial charge is 0.276 e. The first-order chi connectivity index (χ1) is 12.9. The predicted octanol–water partition coefficient (Wildman–Crippen LogP) is 5.02. The monoisotopic (exact) mass is 463 g/mol. The van der Waals surface area contributed by atoms with Crippen molar-refractivity contribution in [1.82, 2.24) is 5.43 Å². The molecule has 0 heterocycles. The van der Waals surface area contributed by atoms with Gasteiger partial charge in [-0.2, -0.15) is 0 Å². The number of nitro groups is 1. The highest BCUT2D eigenvalue weighted by Gasteiger charge is 2.15. The Morgan fingerprint density at radius 3 is 1.79 bits per heavy atom. The molecule has 0 amide bonds. The van der Waals surface area contributed by atoms with Crippen molar-refractivity contribution in [2.24, 2.45) is 5.84 Å². The highest BCUT2D eigenvalue weighted by atomic mass is 35.5. The fraction of sp³-hybridized carbons (Fsp3) is 0.263. The highest BCUT2D eigenvalue weighted by Crippen LogP contribution is 2.21. The predicted molar refractivity (Wildman–Crippen MR) is 119 cm³/mol. The van der Waals surface area contributed by atoms with E-state index in [1.807, 2.05) is 26.8 Å². The van der Waals surface area contributed by atoms with Gasteiger partial charge in [-0.3, -0.25) is 31.0 Å². The van der Waals surface area contributed by atoms with Crippen molar-refractivity contribution in [3.8, 4) is 0 Å². The van der Waals surface area contributed by atoms with Crippen LogP contribution in [0.15, 0.2) is 48.5 Å². The molecule has 0 aromatic heterocycles. The highest BCUT2D eigenvalue weighted by molar-refractivity contribution is 6.68. The average molecular weight is 465 g/mol. The minimum Gasteiger partial charge on any atom is -0.276 e. The number of benzene rings is 2. The van der Waals surface area contributed by atoms with Gasteiger partial charge in [0.15, 0.2) is 0 Å². The fourth-order valence-corrected chi connectivity index (χ4v) is 1.93. The first kappa shape index (κ1) is 29.2. The standard InChI is InChI=1S/C8H6ClNO3.C7H5ClO.C4H12N2.ClH/c1-5-6(8(9)11)3-2-4-7(5)10(12)13;8-7(9)6-4-2-1-3-5-6;1-4(2,3)6-5;/h2-4H,1H3;1-5H;6H,5H2,1-3H3;1H. The van der Waals surface area contributed by atoms with Gasteiger partial charge in [-0.1, -0.05) is 36.4 Å². The van der Waals surface area contributed by atoms with Gasteiger partial charge in [0.05, 0.1) is 4.92 Å². The Morgan fingerprint density at radius 1 is 1.00 bits per heavy atom. The number of hydrazine groups is 1. The lowest BCUT2D eigenvalue weighted by Gasteiger charge is -2.14. The second-order valence-electron chi connectivity index (χ2n) is 6.51. The summed E-state index contributed by atoms with van der Waals surface area (Å²) in [6, 6.07) is 13.0. The van der Waals surface area contributed by atoms with Crippen LogP contribution in [0.25, 0.3) is 0 Å². The van der Waals surface area contributed by atoms with E-state index in [0.717, 1.165) is 0 Å². The molecular formula is C19H24Cl3N3O4. The van der Waals surface area contributed by atoms with Crippen molar-refractivity contribution in [3.05, 3.63) is 75.3 Å². The van der Waals surface area contributed by atoms with Crippen LogP contribution in [-0.2, 0) is 0 Å². The Hall–Kier alpha value is -2.03. The van der Waals surface area contributed by atoms with Crippen LogP contribution < -0.4 is 11.3 Å². The molecule has 0 fully saturated rings. The summed E-state index contributed by atoms with van der Waals surface area (Å²) < 4.78 is 0. The van der Waals surface area contributed by atoms with Gasteiger partial charge in [-0.15, -0.1) is 12.4 Å². The van der Waals surface area contributed by atoms with E-state index in [0.29, 0.717) is 11.1 Å². The summed E-state index contributed by atoms with van der Waals surface area (Å²) in [7, 11) is 0. The molecule has 2 aromatic rings. The van der Waals surface area contributed by atoms with E-state index < -0.39 is 15.4 Å². The van der Waals surface area contributed by atoms with Gasteiger partial charge in [0.2, 0.25) is 0 Å². The van der Waals surface area contributed by atoms with Crippen LogP contribution in [0, 0.1) is 17.0 Å². The smallest absolute Gasteiger partial charge is 0.273 e. The third-order valence-electron chi connectivity index (χ3n) is 3.15. The Labute approximate surface area is 186 Å². The summed E-state index contributed by atoms with van der Waals surface area (Å²) in [5, 5.41) is 9.36. The Bertz CT molecular complexity index is 778. The first-order valence-electron chi connectivity index (χ1n) is 8.07. The number of hydrogen-bond acceptors (Lipinski definition) is 6. The van der Waals surface area contributed by atoms with Gasteiger partial charge >= 0.3 is 0 Å². The van der Waals surface area contributed by atoms with Crippen LogP contribution in [0.1, 0.15) is 47.1 Å². The van der Waals surface area contributed by atoms with Crippen LogP contribution in [0.4, 0.5) is 5.69 Å². The Balaban J connectivity index is 0. The number of carbonyl (C=O) groups is 2. The van der Waals surface area contributed by atoms with E-state index in [9.17, 15) is 19.7 Å². The molecule has 0 spiro atoms. The molecule has 29 heavy (non-hydrogen) atoms. The quantitative estimate of drug-likeness (QED) is 0.285. The number of nitrogens with one attached hydrogen (secondary N) is 1. The van der Waals surface area contributed by atoms with E-state index in [1.54, 1.807) is 24.3 Å². The number of hydrogen-bond donors (Lipinski definition) is 2. The number of halogens is 3. The molecule has 0 bridgehead atoms. The summed E-state index contributed by atoms with van der Waals surface area (Å²) in [6.45, 7) is 7.51. The minimum atomic E-state index is -0.679. The maximum absolute atomic E-state index is 10.8. The maximum atomic E-state index is 10.8. The molecular weight excluding hydrogens is 441 g/mol. The van der Waals surface area contributed by atoms with E-state index in [1.165, 1.54) is 25.1 Å². The van der Waals surface area contributed by atoms with Gasteiger partial charge < -0.3 is 0 Å². The number of nitro benzene ring substituents is 1. The Morgan fingerprint density at radius 2 is 1.48 bits per heavy atom. The van der Waals surface area contributed by atoms with Crippen molar-refractivity contribution in [2.75, 3.05) is 0 Å². The van der Waals surface area contributed by atoms with Crippen molar-refractivity contribution in [3.63, 3.8) is 0 Å². The van der Waals surface area contributed by atoms with Crippen LogP contribution >= 0.6 is 35.6 Å². The normalized spacial score (nSPS) is 9.62. The summed E-state index contributed by atoms with van der Waals surface area (Å²) >= 11 is 10.4. The second-order valence-corrected chi connectivity index (χ2v) is 7.20. The Kier molecular flexibility index (Phi) is 14.1. The van der Waals surface area contributed by atoms with Gasteiger partial charge in [0.25, 0.3) is 16.2 Å². The van der Waals surface area contributed by atoms with Crippen molar-refractivity contribution < 1.29 is 14.5 Å². The molecule has 0 aliphatic heterocycles. The second kappa shape index (κ2) is 14.0. The molecule has 10 heteroatoms. The third kappa shape index (κ3) is 12.2. The molecule has 0 radical (unpaired) electrons. The van der Waals surface area contributed by atoms with E-state index >= 15 is 0 Å². The van der Waals surface area contributed by atoms with Gasteiger partial charge in [-0.25, -0.2) is 0 Å². The number of rotatable bonds is 3. The average Bonchev–Trinajstić information content (AvgIpc) is 2.62. The summed E-state index contributed by atoms with van der Waals surface area (Å²) in [4.78, 5) is 31.1. The molecule has 0 aliphatic carbocycles.